The van der Waals surface area contributed by atoms with Gasteiger partial charge in [-0.25, -0.2) is 0 Å². The lowest BCUT2D eigenvalue weighted by atomic mass is 9.72. The van der Waals surface area contributed by atoms with Gasteiger partial charge in [0.1, 0.15) is 0 Å². The minimum absolute atomic E-state index is 0.0150. The standard InChI is InChI=1S/C18H25N3/c1-21-14-15(13-20-21)7-10-18(19)11-8-17(9-12-18)16-5-3-2-4-6-16/h2-6,13-14,17H,7-12,19H2,1H3. The summed E-state index contributed by atoms with van der Waals surface area (Å²) < 4.78 is 1.87. The predicted octanol–water partition coefficient (Wildman–Crippen LogP) is 3.41. The number of benzene rings is 1. The van der Waals surface area contributed by atoms with Crippen LogP contribution in [0.1, 0.15) is 49.1 Å². The second kappa shape index (κ2) is 6.02. The quantitative estimate of drug-likeness (QED) is 0.934. The highest BCUT2D eigenvalue weighted by molar-refractivity contribution is 5.20. The molecule has 1 aromatic heterocycles. The largest absolute Gasteiger partial charge is 0.325 e. The van der Waals surface area contributed by atoms with Crippen molar-refractivity contribution < 1.29 is 0 Å². The minimum atomic E-state index is 0.0150. The zero-order chi connectivity index (χ0) is 14.7. The molecule has 3 heteroatoms. The van der Waals surface area contributed by atoms with Crippen LogP contribution in [0.3, 0.4) is 0 Å². The molecule has 0 atom stereocenters. The summed E-state index contributed by atoms with van der Waals surface area (Å²) in [6.45, 7) is 0. The average molecular weight is 283 g/mol. The number of aryl methyl sites for hydroxylation is 2. The van der Waals surface area contributed by atoms with Crippen LogP contribution in [0, 0.1) is 0 Å². The van der Waals surface area contributed by atoms with Crippen molar-refractivity contribution in [2.45, 2.75) is 50.0 Å². The number of hydrogen-bond acceptors (Lipinski definition) is 2. The van der Waals surface area contributed by atoms with Gasteiger partial charge in [-0.3, -0.25) is 4.68 Å². The first kappa shape index (κ1) is 14.3. The van der Waals surface area contributed by atoms with E-state index in [1.165, 1.54) is 24.0 Å². The molecule has 3 rings (SSSR count). The van der Waals surface area contributed by atoms with Crippen LogP contribution in [0.25, 0.3) is 0 Å². The van der Waals surface area contributed by atoms with Crippen LogP contribution < -0.4 is 5.73 Å². The molecular formula is C18H25N3. The van der Waals surface area contributed by atoms with Gasteiger partial charge in [-0.05, 0) is 55.6 Å². The fraction of sp³-hybridized carbons (Fsp3) is 0.500. The Kier molecular flexibility index (Phi) is 4.11. The summed E-state index contributed by atoms with van der Waals surface area (Å²) in [4.78, 5) is 0. The molecule has 1 fully saturated rings. The smallest absolute Gasteiger partial charge is 0.0521 e. The maximum absolute atomic E-state index is 6.63. The molecule has 2 N–H and O–H groups in total. The van der Waals surface area contributed by atoms with Crippen molar-refractivity contribution in [3.05, 3.63) is 53.9 Å². The fourth-order valence-corrected chi connectivity index (χ4v) is 3.50. The summed E-state index contributed by atoms with van der Waals surface area (Å²) >= 11 is 0. The van der Waals surface area contributed by atoms with E-state index >= 15 is 0 Å². The second-order valence-corrected chi connectivity index (χ2v) is 6.57. The Morgan fingerprint density at radius 2 is 1.95 bits per heavy atom. The molecule has 1 aromatic carbocycles. The third-order valence-corrected chi connectivity index (χ3v) is 4.92. The Morgan fingerprint density at radius 3 is 2.57 bits per heavy atom. The lowest BCUT2D eigenvalue weighted by Crippen LogP contribution is -2.43. The van der Waals surface area contributed by atoms with Gasteiger partial charge in [0, 0.05) is 18.8 Å². The zero-order valence-electron chi connectivity index (χ0n) is 12.8. The number of aromatic nitrogens is 2. The van der Waals surface area contributed by atoms with Gasteiger partial charge >= 0.3 is 0 Å². The average Bonchev–Trinajstić information content (AvgIpc) is 2.93. The van der Waals surface area contributed by atoms with Gasteiger partial charge in [0.2, 0.25) is 0 Å². The van der Waals surface area contributed by atoms with E-state index in [1.807, 2.05) is 17.9 Å². The molecule has 2 aromatic rings. The molecule has 1 saturated carbocycles. The van der Waals surface area contributed by atoms with Gasteiger partial charge in [0.15, 0.2) is 0 Å². The van der Waals surface area contributed by atoms with E-state index in [-0.39, 0.29) is 5.54 Å². The number of hydrogen-bond donors (Lipinski definition) is 1. The van der Waals surface area contributed by atoms with Crippen molar-refractivity contribution >= 4 is 0 Å². The zero-order valence-corrected chi connectivity index (χ0v) is 12.8. The molecule has 112 valence electrons. The summed E-state index contributed by atoms with van der Waals surface area (Å²) in [5.41, 5.74) is 9.42. The summed E-state index contributed by atoms with van der Waals surface area (Å²) in [7, 11) is 1.97. The first-order valence-corrected chi connectivity index (χ1v) is 7.96. The normalized spacial score (nSPS) is 25.9. The van der Waals surface area contributed by atoms with Crippen LogP contribution in [-0.2, 0) is 13.5 Å². The van der Waals surface area contributed by atoms with Crippen molar-refractivity contribution in [2.24, 2.45) is 12.8 Å². The monoisotopic (exact) mass is 283 g/mol. The van der Waals surface area contributed by atoms with Gasteiger partial charge < -0.3 is 5.73 Å². The molecule has 0 saturated heterocycles. The fourth-order valence-electron chi connectivity index (χ4n) is 3.50. The van der Waals surface area contributed by atoms with Crippen molar-refractivity contribution in [1.29, 1.82) is 0 Å². The Bertz CT molecular complexity index is 565. The third kappa shape index (κ3) is 3.53. The van der Waals surface area contributed by atoms with Gasteiger partial charge in [0.05, 0.1) is 6.20 Å². The van der Waals surface area contributed by atoms with Gasteiger partial charge in [-0.2, -0.15) is 5.10 Å². The van der Waals surface area contributed by atoms with Gasteiger partial charge in [0.25, 0.3) is 0 Å². The lowest BCUT2D eigenvalue weighted by Gasteiger charge is -2.37. The van der Waals surface area contributed by atoms with E-state index in [1.54, 1.807) is 0 Å². The molecule has 3 nitrogen and oxygen atoms in total. The van der Waals surface area contributed by atoms with E-state index in [0.717, 1.165) is 25.7 Å². The highest BCUT2D eigenvalue weighted by Gasteiger charge is 2.31. The van der Waals surface area contributed by atoms with Crippen LogP contribution in [0.15, 0.2) is 42.7 Å². The Balaban J connectivity index is 1.54. The summed E-state index contributed by atoms with van der Waals surface area (Å²) in [5.74, 6) is 0.696. The van der Waals surface area contributed by atoms with Crippen LogP contribution in [0.2, 0.25) is 0 Å². The van der Waals surface area contributed by atoms with Crippen molar-refractivity contribution in [1.82, 2.24) is 9.78 Å². The maximum Gasteiger partial charge on any atom is 0.0521 e. The van der Waals surface area contributed by atoms with Crippen molar-refractivity contribution in [2.75, 3.05) is 0 Å². The highest BCUT2D eigenvalue weighted by atomic mass is 15.2. The second-order valence-electron chi connectivity index (χ2n) is 6.57. The highest BCUT2D eigenvalue weighted by Crippen LogP contribution is 2.38. The Labute approximate surface area is 127 Å². The van der Waals surface area contributed by atoms with E-state index in [0.29, 0.717) is 5.92 Å². The van der Waals surface area contributed by atoms with Gasteiger partial charge in [-0.1, -0.05) is 30.3 Å². The molecule has 1 aliphatic rings. The lowest BCUT2D eigenvalue weighted by molar-refractivity contribution is 0.257. The molecule has 0 unspecified atom stereocenters. The van der Waals surface area contributed by atoms with Crippen LogP contribution in [0.5, 0.6) is 0 Å². The summed E-state index contributed by atoms with van der Waals surface area (Å²) in [5, 5.41) is 4.23. The molecule has 0 radical (unpaired) electrons. The number of nitrogens with zero attached hydrogens (tertiary/aromatic N) is 2. The summed E-state index contributed by atoms with van der Waals surface area (Å²) in [6.07, 6.45) is 10.9. The van der Waals surface area contributed by atoms with Crippen LogP contribution in [0.4, 0.5) is 0 Å². The Morgan fingerprint density at radius 1 is 1.24 bits per heavy atom. The van der Waals surface area contributed by atoms with E-state index in [2.05, 4.69) is 41.6 Å². The molecular weight excluding hydrogens is 258 g/mol. The molecule has 0 bridgehead atoms. The number of nitrogens with two attached hydrogens (primary N) is 1. The molecule has 0 spiro atoms. The molecule has 1 aliphatic carbocycles. The van der Waals surface area contributed by atoms with E-state index in [9.17, 15) is 0 Å². The predicted molar refractivity (Wildman–Crippen MR) is 86.1 cm³/mol. The van der Waals surface area contributed by atoms with E-state index in [4.69, 9.17) is 5.73 Å². The topological polar surface area (TPSA) is 43.8 Å². The molecule has 0 aliphatic heterocycles. The summed E-state index contributed by atoms with van der Waals surface area (Å²) in [6, 6.07) is 10.9. The third-order valence-electron chi connectivity index (χ3n) is 4.92. The number of rotatable bonds is 4. The van der Waals surface area contributed by atoms with E-state index < -0.39 is 0 Å². The SMILES string of the molecule is Cn1cc(CCC2(N)CCC(c3ccccc3)CC2)cn1. The first-order valence-electron chi connectivity index (χ1n) is 7.96. The maximum atomic E-state index is 6.63. The van der Waals surface area contributed by atoms with Crippen LogP contribution in [-0.4, -0.2) is 15.3 Å². The first-order chi connectivity index (χ1) is 10.1. The Hall–Kier alpha value is -1.61. The van der Waals surface area contributed by atoms with Crippen molar-refractivity contribution in [3.63, 3.8) is 0 Å². The molecule has 1 heterocycles. The van der Waals surface area contributed by atoms with Crippen LogP contribution >= 0.6 is 0 Å². The molecule has 0 amide bonds. The van der Waals surface area contributed by atoms with Crippen molar-refractivity contribution in [3.8, 4) is 0 Å². The molecule has 21 heavy (non-hydrogen) atoms. The van der Waals surface area contributed by atoms with Gasteiger partial charge in [-0.15, -0.1) is 0 Å². The minimum Gasteiger partial charge on any atom is -0.325 e.